The second-order valence-corrected chi connectivity index (χ2v) is 4.72. The van der Waals surface area contributed by atoms with Gasteiger partial charge in [0.25, 0.3) is 0 Å². The number of carbonyl (C=O) groups is 1. The first-order valence-electron chi connectivity index (χ1n) is 4.72. The van der Waals surface area contributed by atoms with E-state index in [1.807, 2.05) is 27.7 Å². The first-order chi connectivity index (χ1) is 6.34. The van der Waals surface area contributed by atoms with Gasteiger partial charge >= 0.3 is 0 Å². The fourth-order valence-electron chi connectivity index (χ4n) is 1.09. The van der Waals surface area contributed by atoms with Crippen molar-refractivity contribution < 1.29 is 4.79 Å². The van der Waals surface area contributed by atoms with Gasteiger partial charge in [-0.25, -0.2) is 0 Å². The Labute approximate surface area is 84.3 Å². The van der Waals surface area contributed by atoms with Crippen LogP contribution in [0.1, 0.15) is 38.3 Å². The largest absolute Gasteiger partial charge is 0.314 e. The van der Waals surface area contributed by atoms with Gasteiger partial charge in [-0.3, -0.25) is 4.79 Å². The predicted octanol–water partition coefficient (Wildman–Crippen LogP) is 1.68. The molecule has 0 fully saturated rings. The topological polar surface area (TPSA) is 47.8 Å². The van der Waals surface area contributed by atoms with Crippen LogP contribution in [-0.4, -0.2) is 20.5 Å². The number of carbonyl (C=O) groups excluding carboxylic acids is 1. The molecule has 1 atom stereocenters. The van der Waals surface area contributed by atoms with Crippen molar-refractivity contribution in [2.75, 3.05) is 0 Å². The molecule has 0 amide bonds. The third-order valence-corrected chi connectivity index (χ3v) is 2.62. The number of aryl methyl sites for hydroxylation is 1. The number of aromatic nitrogens is 3. The molecule has 1 rings (SSSR count). The van der Waals surface area contributed by atoms with Crippen LogP contribution in [0.25, 0.3) is 0 Å². The molecule has 0 saturated heterocycles. The maximum atomic E-state index is 11.9. The van der Waals surface area contributed by atoms with E-state index in [4.69, 9.17) is 0 Å². The van der Waals surface area contributed by atoms with E-state index in [0.717, 1.165) is 0 Å². The Bertz CT molecular complexity index is 335. The molecule has 14 heavy (non-hydrogen) atoms. The Morgan fingerprint density at radius 3 is 2.43 bits per heavy atom. The average Bonchev–Trinajstić information content (AvgIpc) is 2.47. The second-order valence-electron chi connectivity index (χ2n) is 4.72. The minimum absolute atomic E-state index is 0.0387. The summed E-state index contributed by atoms with van der Waals surface area (Å²) < 4.78 is 1.66. The summed E-state index contributed by atoms with van der Waals surface area (Å²) in [5.74, 6) is 0.440. The van der Waals surface area contributed by atoms with E-state index in [0.29, 0.717) is 5.82 Å². The van der Waals surface area contributed by atoms with Crippen molar-refractivity contribution in [2.24, 2.45) is 18.4 Å². The molecule has 0 aliphatic rings. The van der Waals surface area contributed by atoms with Gasteiger partial charge in [-0.05, 0) is 5.41 Å². The average molecular weight is 195 g/mol. The van der Waals surface area contributed by atoms with Gasteiger partial charge in [-0.1, -0.05) is 27.7 Å². The van der Waals surface area contributed by atoms with Crippen molar-refractivity contribution in [2.45, 2.75) is 27.7 Å². The SMILES string of the molecule is CC(C(=O)c1nncn1C)C(C)(C)C. The maximum Gasteiger partial charge on any atom is 0.203 e. The van der Waals surface area contributed by atoms with E-state index in [2.05, 4.69) is 10.2 Å². The zero-order chi connectivity index (χ0) is 10.9. The predicted molar refractivity (Wildman–Crippen MR) is 54.0 cm³/mol. The quantitative estimate of drug-likeness (QED) is 0.674. The van der Waals surface area contributed by atoms with Gasteiger partial charge in [0.05, 0.1) is 0 Å². The zero-order valence-corrected chi connectivity index (χ0v) is 9.40. The molecule has 4 nitrogen and oxygen atoms in total. The number of Topliss-reactive ketones (excluding diaryl/α,β-unsaturated/α-hetero) is 1. The van der Waals surface area contributed by atoms with Crippen LogP contribution < -0.4 is 0 Å². The van der Waals surface area contributed by atoms with E-state index < -0.39 is 0 Å². The molecule has 0 radical (unpaired) electrons. The van der Waals surface area contributed by atoms with Crippen LogP contribution in [0.2, 0.25) is 0 Å². The number of ketones is 1. The molecule has 0 N–H and O–H groups in total. The molecule has 0 aliphatic carbocycles. The van der Waals surface area contributed by atoms with Crippen LogP contribution in [0, 0.1) is 11.3 Å². The Morgan fingerprint density at radius 1 is 1.50 bits per heavy atom. The van der Waals surface area contributed by atoms with Crippen molar-refractivity contribution in [3.8, 4) is 0 Å². The fraction of sp³-hybridized carbons (Fsp3) is 0.700. The van der Waals surface area contributed by atoms with Crippen molar-refractivity contribution in [3.63, 3.8) is 0 Å². The third-order valence-electron chi connectivity index (χ3n) is 2.62. The smallest absolute Gasteiger partial charge is 0.203 e. The molecule has 0 bridgehead atoms. The van der Waals surface area contributed by atoms with Crippen molar-refractivity contribution in [3.05, 3.63) is 12.2 Å². The number of rotatable bonds is 2. The maximum absolute atomic E-state index is 11.9. The lowest BCUT2D eigenvalue weighted by molar-refractivity contribution is 0.0824. The van der Waals surface area contributed by atoms with Gasteiger partial charge in [0.15, 0.2) is 5.82 Å². The fourth-order valence-corrected chi connectivity index (χ4v) is 1.09. The van der Waals surface area contributed by atoms with Crippen LogP contribution in [0.15, 0.2) is 6.33 Å². The van der Waals surface area contributed by atoms with Gasteiger partial charge in [-0.2, -0.15) is 0 Å². The standard InChI is InChI=1S/C10H17N3O/c1-7(10(2,3)4)8(14)9-12-11-6-13(9)5/h6-7H,1-5H3. The van der Waals surface area contributed by atoms with Gasteiger partial charge in [-0.15, -0.1) is 10.2 Å². The molecule has 78 valence electrons. The van der Waals surface area contributed by atoms with Crippen LogP contribution in [0.4, 0.5) is 0 Å². The Morgan fingerprint density at radius 2 is 2.07 bits per heavy atom. The van der Waals surface area contributed by atoms with Gasteiger partial charge < -0.3 is 4.57 Å². The Hall–Kier alpha value is -1.19. The first kappa shape index (κ1) is 10.9. The highest BCUT2D eigenvalue weighted by atomic mass is 16.1. The molecule has 4 heteroatoms. The minimum Gasteiger partial charge on any atom is -0.314 e. The highest BCUT2D eigenvalue weighted by Crippen LogP contribution is 2.27. The zero-order valence-electron chi connectivity index (χ0n) is 9.40. The molecule has 0 aliphatic heterocycles. The Balaban J connectivity index is 2.92. The minimum atomic E-state index is -0.0506. The molecular formula is C10H17N3O. The van der Waals surface area contributed by atoms with Crippen molar-refractivity contribution in [1.82, 2.24) is 14.8 Å². The summed E-state index contributed by atoms with van der Waals surface area (Å²) in [6.45, 7) is 8.07. The van der Waals surface area contributed by atoms with Crippen LogP contribution in [0.3, 0.4) is 0 Å². The lowest BCUT2D eigenvalue weighted by atomic mass is 9.79. The number of nitrogens with zero attached hydrogens (tertiary/aromatic N) is 3. The van der Waals surface area contributed by atoms with Gasteiger partial charge in [0.1, 0.15) is 6.33 Å². The summed E-state index contributed by atoms with van der Waals surface area (Å²) in [6.07, 6.45) is 1.54. The number of hydrogen-bond donors (Lipinski definition) is 0. The molecule has 1 aromatic heterocycles. The van der Waals surface area contributed by atoms with E-state index in [1.165, 1.54) is 0 Å². The third kappa shape index (κ3) is 2.00. The molecule has 1 aromatic rings. The van der Waals surface area contributed by atoms with E-state index in [9.17, 15) is 4.79 Å². The summed E-state index contributed by atoms with van der Waals surface area (Å²) in [5.41, 5.74) is -0.0387. The molecule has 0 aromatic carbocycles. The van der Waals surface area contributed by atoms with Gasteiger partial charge in [0.2, 0.25) is 5.78 Å². The summed E-state index contributed by atoms with van der Waals surface area (Å²) in [7, 11) is 1.78. The molecule has 1 heterocycles. The van der Waals surface area contributed by atoms with Gasteiger partial charge in [0, 0.05) is 13.0 Å². The second kappa shape index (κ2) is 3.52. The number of hydrogen-bond acceptors (Lipinski definition) is 3. The van der Waals surface area contributed by atoms with Crippen molar-refractivity contribution in [1.29, 1.82) is 0 Å². The van der Waals surface area contributed by atoms with Crippen LogP contribution in [0.5, 0.6) is 0 Å². The highest BCUT2D eigenvalue weighted by Gasteiger charge is 2.29. The monoisotopic (exact) mass is 195 g/mol. The molecular weight excluding hydrogens is 178 g/mol. The van der Waals surface area contributed by atoms with E-state index in [-0.39, 0.29) is 17.1 Å². The van der Waals surface area contributed by atoms with Crippen LogP contribution in [-0.2, 0) is 7.05 Å². The molecule has 1 unspecified atom stereocenters. The van der Waals surface area contributed by atoms with Crippen molar-refractivity contribution >= 4 is 5.78 Å². The lowest BCUT2D eigenvalue weighted by Crippen LogP contribution is -2.27. The summed E-state index contributed by atoms with van der Waals surface area (Å²) >= 11 is 0. The Kier molecular flexibility index (Phi) is 2.73. The normalized spacial score (nSPS) is 14.1. The summed E-state index contributed by atoms with van der Waals surface area (Å²) in [6, 6.07) is 0. The summed E-state index contributed by atoms with van der Waals surface area (Å²) in [5, 5.41) is 7.51. The molecule has 0 saturated carbocycles. The van der Waals surface area contributed by atoms with Crippen LogP contribution >= 0.6 is 0 Å². The first-order valence-corrected chi connectivity index (χ1v) is 4.72. The van der Waals surface area contributed by atoms with E-state index >= 15 is 0 Å². The highest BCUT2D eigenvalue weighted by molar-refractivity contribution is 5.94. The van der Waals surface area contributed by atoms with E-state index in [1.54, 1.807) is 17.9 Å². The lowest BCUT2D eigenvalue weighted by Gasteiger charge is -2.25. The molecule has 0 spiro atoms. The summed E-state index contributed by atoms with van der Waals surface area (Å²) in [4.78, 5) is 11.9.